The minimum absolute atomic E-state index is 0. The molecule has 8 atom stereocenters. The SMILES string of the molecule is CCCCCCCC/C=C\CCCCCC(C)C(C)(O)C(=O)[O-].CCCCCCCC/C=C\CCCCCC(C)C(C)(O)C(=O)[O-].CCCCCCCC/C=C\CCCCCC(C)C(C)(O)C(=O)[O-].CCCCCCCC/C=C\CCCCCC(C)C(C)(O)C(=O)[O-].[Sn+4]. The molecule has 12 nitrogen and oxygen atoms in total. The van der Waals surface area contributed by atoms with Gasteiger partial charge in [-0.3, -0.25) is 0 Å². The van der Waals surface area contributed by atoms with E-state index in [1.54, 1.807) is 27.7 Å². The molecule has 93 heavy (non-hydrogen) atoms. The Bertz CT molecular complexity index is 1550. The van der Waals surface area contributed by atoms with Crippen LogP contribution in [0.3, 0.4) is 0 Å². The van der Waals surface area contributed by atoms with E-state index in [1.807, 2.05) is 0 Å². The van der Waals surface area contributed by atoms with E-state index < -0.39 is 46.3 Å². The van der Waals surface area contributed by atoms with Crippen molar-refractivity contribution in [3.8, 4) is 0 Å². The van der Waals surface area contributed by atoms with Gasteiger partial charge in [0.05, 0.1) is 23.9 Å². The monoisotopic (exact) mass is 1420 g/mol. The van der Waals surface area contributed by atoms with Crippen LogP contribution in [0.15, 0.2) is 48.6 Å². The van der Waals surface area contributed by atoms with Crippen molar-refractivity contribution in [1.29, 1.82) is 0 Å². The number of hydrogen-bond donors (Lipinski definition) is 4. The quantitative estimate of drug-likeness (QED) is 0.0253. The molecule has 0 amide bonds. The third-order valence-corrected chi connectivity index (χ3v) is 19.1. The van der Waals surface area contributed by atoms with Crippen molar-refractivity contribution in [2.45, 2.75) is 414 Å². The maximum Gasteiger partial charge on any atom is 4.00 e. The number of aliphatic hydroxyl groups is 4. The number of hydrogen-bond acceptors (Lipinski definition) is 12. The minimum atomic E-state index is -1.71. The van der Waals surface area contributed by atoms with Gasteiger partial charge in [0.1, 0.15) is 22.4 Å². The van der Waals surface area contributed by atoms with E-state index in [0.717, 1.165) is 128 Å². The zero-order valence-electron chi connectivity index (χ0n) is 62.4. The molecule has 0 aromatic heterocycles. The Morgan fingerprint density at radius 1 is 0.258 bits per heavy atom. The average molecular weight is 1420 g/mol. The third-order valence-electron chi connectivity index (χ3n) is 19.1. The summed E-state index contributed by atoms with van der Waals surface area (Å²) < 4.78 is 0. The van der Waals surface area contributed by atoms with Gasteiger partial charge in [-0.1, -0.05) is 284 Å². The van der Waals surface area contributed by atoms with Gasteiger partial charge in [-0.15, -0.1) is 0 Å². The molecule has 0 aromatic carbocycles. The van der Waals surface area contributed by atoms with Crippen LogP contribution in [0.25, 0.3) is 0 Å². The van der Waals surface area contributed by atoms with Crippen LogP contribution in [0.5, 0.6) is 0 Å². The fourth-order valence-electron chi connectivity index (χ4n) is 10.6. The molecule has 0 aliphatic heterocycles. The predicted molar refractivity (Wildman–Crippen MR) is 386 cm³/mol. The molecule has 0 heterocycles. The van der Waals surface area contributed by atoms with Crippen molar-refractivity contribution in [2.24, 2.45) is 23.7 Å². The molecular formula is C80H148O12Sn. The molecule has 0 fully saturated rings. The van der Waals surface area contributed by atoms with Crippen molar-refractivity contribution in [2.75, 3.05) is 0 Å². The van der Waals surface area contributed by atoms with Crippen LogP contribution < -0.4 is 20.4 Å². The minimum Gasteiger partial charge on any atom is -0.547 e. The van der Waals surface area contributed by atoms with Gasteiger partial charge in [0.2, 0.25) is 0 Å². The second-order valence-electron chi connectivity index (χ2n) is 28.0. The normalized spacial score (nSPS) is 15.5. The molecule has 13 heteroatoms. The van der Waals surface area contributed by atoms with Crippen LogP contribution in [0.2, 0.25) is 0 Å². The second-order valence-corrected chi connectivity index (χ2v) is 28.0. The van der Waals surface area contributed by atoms with E-state index >= 15 is 0 Å². The fourth-order valence-corrected chi connectivity index (χ4v) is 10.6. The molecule has 0 aromatic rings. The van der Waals surface area contributed by atoms with Crippen molar-refractivity contribution in [3.63, 3.8) is 0 Å². The summed E-state index contributed by atoms with van der Waals surface area (Å²) >= 11 is 0. The zero-order chi connectivity index (χ0) is 70.2. The van der Waals surface area contributed by atoms with Crippen molar-refractivity contribution < 1.29 is 60.0 Å². The van der Waals surface area contributed by atoms with Crippen LogP contribution in [0.1, 0.15) is 391 Å². The van der Waals surface area contributed by atoms with Crippen molar-refractivity contribution in [3.05, 3.63) is 48.6 Å². The summed E-state index contributed by atoms with van der Waals surface area (Å²) in [5.74, 6) is -6.56. The van der Waals surface area contributed by atoms with Crippen LogP contribution in [-0.2, 0) is 19.2 Å². The van der Waals surface area contributed by atoms with E-state index in [4.69, 9.17) is 0 Å². The standard InChI is InChI=1S/4C20H38O3.Sn/c4*1-4-5-6-7-8-9-10-11-12-13-14-15-16-17-18(2)20(3,23)19(21)22;/h4*11-12,18,23H,4-10,13-17H2,1-3H3,(H,21,22);/q;;;;+4/p-4/b4*12-11-;. The van der Waals surface area contributed by atoms with E-state index in [0.29, 0.717) is 0 Å². The first-order valence-corrected chi connectivity index (χ1v) is 38.1. The van der Waals surface area contributed by atoms with Gasteiger partial charge in [0, 0.05) is 0 Å². The van der Waals surface area contributed by atoms with E-state index in [-0.39, 0.29) is 47.6 Å². The molecule has 0 spiro atoms. The van der Waals surface area contributed by atoms with Gasteiger partial charge in [-0.05, 0) is 180 Å². The number of rotatable bonds is 60. The van der Waals surface area contributed by atoms with Gasteiger partial charge in [0.15, 0.2) is 0 Å². The summed E-state index contributed by atoms with van der Waals surface area (Å²) in [4.78, 5) is 43.3. The Labute approximate surface area is 590 Å². The summed E-state index contributed by atoms with van der Waals surface area (Å²) in [6, 6.07) is 0. The number of unbranched alkanes of at least 4 members (excludes halogenated alkanes) is 36. The average Bonchev–Trinajstić information content (AvgIpc) is 2.69. The first-order chi connectivity index (χ1) is 43.7. The van der Waals surface area contributed by atoms with Gasteiger partial charge >= 0.3 is 23.9 Å². The fraction of sp³-hybridized carbons (Fsp3) is 0.850. The molecule has 0 saturated carbocycles. The molecule has 0 radical (unpaired) electrons. The first kappa shape index (κ1) is 99.1. The Balaban J connectivity index is -0.000000369. The molecule has 0 aliphatic carbocycles. The summed E-state index contributed by atoms with van der Waals surface area (Å²) in [6.45, 7) is 21.4. The summed E-state index contributed by atoms with van der Waals surface area (Å²) in [6.07, 6.45) is 75.3. The molecule has 0 saturated heterocycles. The second kappa shape index (κ2) is 68.0. The summed E-state index contributed by atoms with van der Waals surface area (Å²) in [5.41, 5.74) is -6.85. The summed E-state index contributed by atoms with van der Waals surface area (Å²) in [5, 5.41) is 82.4. The number of carboxylic acids is 4. The molecule has 0 bridgehead atoms. The number of carbonyl (C=O) groups is 4. The Kier molecular flexibility index (Phi) is 72.5. The predicted octanol–water partition coefficient (Wildman–Crippen LogP) is 17.1. The topological polar surface area (TPSA) is 241 Å². The van der Waals surface area contributed by atoms with Gasteiger partial charge in [0.25, 0.3) is 0 Å². The van der Waals surface area contributed by atoms with E-state index in [1.165, 1.54) is 207 Å². The van der Waals surface area contributed by atoms with Crippen molar-refractivity contribution in [1.82, 2.24) is 0 Å². The van der Waals surface area contributed by atoms with Crippen LogP contribution in [-0.4, -0.2) is 90.6 Å². The number of allylic oxidation sites excluding steroid dienone is 8. The van der Waals surface area contributed by atoms with Crippen LogP contribution in [0, 0.1) is 23.7 Å². The number of carbonyl (C=O) groups excluding carboxylic acids is 4. The molecule has 544 valence electrons. The third kappa shape index (κ3) is 61.5. The summed E-state index contributed by atoms with van der Waals surface area (Å²) in [7, 11) is 0. The largest absolute Gasteiger partial charge is 4.00 e. The van der Waals surface area contributed by atoms with Crippen LogP contribution in [0.4, 0.5) is 0 Å². The first-order valence-electron chi connectivity index (χ1n) is 38.1. The van der Waals surface area contributed by atoms with Crippen LogP contribution >= 0.6 is 0 Å². The van der Waals surface area contributed by atoms with Crippen molar-refractivity contribution >= 4 is 47.8 Å². The molecular weight excluding hydrogens is 1270 g/mol. The zero-order valence-corrected chi connectivity index (χ0v) is 65.3. The molecule has 8 unspecified atom stereocenters. The smallest absolute Gasteiger partial charge is 0.547 e. The van der Waals surface area contributed by atoms with Gasteiger partial charge < -0.3 is 60.0 Å². The molecule has 4 N–H and O–H groups in total. The Morgan fingerprint density at radius 3 is 0.505 bits per heavy atom. The number of aliphatic carboxylic acids is 4. The van der Waals surface area contributed by atoms with Gasteiger partial charge in [-0.2, -0.15) is 0 Å². The van der Waals surface area contributed by atoms with Gasteiger partial charge in [-0.25, -0.2) is 0 Å². The molecule has 0 aliphatic rings. The number of carboxylic acid groups (broad SMARTS) is 4. The Hall–Kier alpha value is -2.52. The molecule has 0 rings (SSSR count). The maximum atomic E-state index is 10.8. The van der Waals surface area contributed by atoms with E-state index in [2.05, 4.69) is 76.3 Å². The maximum absolute atomic E-state index is 10.8. The Morgan fingerprint density at radius 2 is 0.376 bits per heavy atom. The van der Waals surface area contributed by atoms with E-state index in [9.17, 15) is 60.0 Å².